The first-order chi connectivity index (χ1) is 8.09. The Morgan fingerprint density at radius 2 is 2.06 bits per heavy atom. The molecule has 1 heterocycles. The Morgan fingerprint density at radius 3 is 2.71 bits per heavy atom. The first kappa shape index (κ1) is 12.6. The maximum Gasteiger partial charge on any atom is 0.0138 e. The minimum atomic E-state index is 0.664. The van der Waals surface area contributed by atoms with Gasteiger partial charge in [-0.15, -0.1) is 0 Å². The lowest BCUT2D eigenvalue weighted by Gasteiger charge is -2.42. The summed E-state index contributed by atoms with van der Waals surface area (Å²) >= 11 is 0. The molecule has 0 aliphatic carbocycles. The SMILES string of the molecule is Cc1cccc(C2CCCN(C(C)C)C2C)c1. The van der Waals surface area contributed by atoms with Crippen molar-refractivity contribution in [2.45, 2.75) is 58.5 Å². The zero-order valence-electron chi connectivity index (χ0n) is 11.6. The largest absolute Gasteiger partial charge is 0.298 e. The second-order valence-electron chi connectivity index (χ2n) is 5.74. The first-order valence-electron chi connectivity index (χ1n) is 6.92. The molecule has 94 valence electrons. The van der Waals surface area contributed by atoms with Gasteiger partial charge in [0.1, 0.15) is 0 Å². The lowest BCUT2D eigenvalue weighted by Crippen LogP contribution is -2.46. The van der Waals surface area contributed by atoms with Gasteiger partial charge in [0.25, 0.3) is 0 Å². The Balaban J connectivity index is 2.20. The van der Waals surface area contributed by atoms with E-state index in [0.717, 1.165) is 0 Å². The summed E-state index contributed by atoms with van der Waals surface area (Å²) in [6.07, 6.45) is 2.68. The summed E-state index contributed by atoms with van der Waals surface area (Å²) in [6.45, 7) is 10.5. The van der Waals surface area contributed by atoms with Gasteiger partial charge in [-0.05, 0) is 58.6 Å². The Morgan fingerprint density at radius 1 is 1.29 bits per heavy atom. The molecule has 2 unspecified atom stereocenters. The van der Waals surface area contributed by atoms with E-state index in [1.54, 1.807) is 0 Å². The fourth-order valence-corrected chi connectivity index (χ4v) is 3.24. The lowest BCUT2D eigenvalue weighted by molar-refractivity contribution is 0.105. The van der Waals surface area contributed by atoms with Crippen LogP contribution in [0, 0.1) is 6.92 Å². The number of hydrogen-bond donors (Lipinski definition) is 0. The van der Waals surface area contributed by atoms with Crippen molar-refractivity contribution in [2.24, 2.45) is 0 Å². The molecule has 1 aliphatic heterocycles. The number of hydrogen-bond acceptors (Lipinski definition) is 1. The van der Waals surface area contributed by atoms with E-state index in [1.807, 2.05) is 0 Å². The normalized spacial score (nSPS) is 26.4. The second-order valence-corrected chi connectivity index (χ2v) is 5.74. The van der Waals surface area contributed by atoms with Gasteiger partial charge in [0.2, 0.25) is 0 Å². The van der Waals surface area contributed by atoms with E-state index in [1.165, 1.54) is 30.5 Å². The Hall–Kier alpha value is -0.820. The van der Waals surface area contributed by atoms with Crippen LogP contribution in [0.2, 0.25) is 0 Å². The molecule has 0 saturated carbocycles. The molecule has 0 bridgehead atoms. The highest BCUT2D eigenvalue weighted by molar-refractivity contribution is 5.27. The van der Waals surface area contributed by atoms with Crippen LogP contribution in [0.5, 0.6) is 0 Å². The number of likely N-dealkylation sites (tertiary alicyclic amines) is 1. The molecule has 0 radical (unpaired) electrons. The smallest absolute Gasteiger partial charge is 0.0138 e. The molecule has 2 rings (SSSR count). The van der Waals surface area contributed by atoms with Crippen molar-refractivity contribution in [3.05, 3.63) is 35.4 Å². The number of piperidine rings is 1. The van der Waals surface area contributed by atoms with E-state index in [-0.39, 0.29) is 0 Å². The zero-order chi connectivity index (χ0) is 12.4. The molecule has 17 heavy (non-hydrogen) atoms. The monoisotopic (exact) mass is 231 g/mol. The Bertz CT molecular complexity index is 370. The molecule has 1 heteroatoms. The summed E-state index contributed by atoms with van der Waals surface area (Å²) in [7, 11) is 0. The predicted octanol–water partition coefficient (Wildman–Crippen LogP) is 3.97. The van der Waals surface area contributed by atoms with Crippen LogP contribution in [0.25, 0.3) is 0 Å². The summed E-state index contributed by atoms with van der Waals surface area (Å²) in [4.78, 5) is 2.65. The van der Waals surface area contributed by atoms with Crippen molar-refractivity contribution in [1.82, 2.24) is 4.90 Å². The van der Waals surface area contributed by atoms with Gasteiger partial charge < -0.3 is 0 Å². The van der Waals surface area contributed by atoms with Gasteiger partial charge in [0, 0.05) is 12.1 Å². The van der Waals surface area contributed by atoms with Crippen LogP contribution < -0.4 is 0 Å². The topological polar surface area (TPSA) is 3.24 Å². The maximum atomic E-state index is 2.65. The van der Waals surface area contributed by atoms with Crippen molar-refractivity contribution in [3.8, 4) is 0 Å². The maximum absolute atomic E-state index is 2.65. The molecular weight excluding hydrogens is 206 g/mol. The van der Waals surface area contributed by atoms with Gasteiger partial charge in [-0.2, -0.15) is 0 Å². The van der Waals surface area contributed by atoms with Crippen LogP contribution in [-0.2, 0) is 0 Å². The van der Waals surface area contributed by atoms with Gasteiger partial charge in [-0.3, -0.25) is 4.90 Å². The molecule has 1 aliphatic rings. The standard InChI is InChI=1S/C16H25N/c1-12(2)17-10-6-9-16(14(17)4)15-8-5-7-13(3)11-15/h5,7-8,11-12,14,16H,6,9-10H2,1-4H3. The van der Waals surface area contributed by atoms with E-state index in [2.05, 4.69) is 56.9 Å². The fraction of sp³-hybridized carbons (Fsp3) is 0.625. The van der Waals surface area contributed by atoms with Gasteiger partial charge in [0.15, 0.2) is 0 Å². The average Bonchev–Trinajstić information content (AvgIpc) is 2.29. The molecule has 2 atom stereocenters. The summed E-state index contributed by atoms with van der Waals surface area (Å²) < 4.78 is 0. The molecule has 0 spiro atoms. The predicted molar refractivity (Wildman–Crippen MR) is 74.5 cm³/mol. The van der Waals surface area contributed by atoms with Gasteiger partial charge in [0.05, 0.1) is 0 Å². The molecule has 1 fully saturated rings. The third-order valence-electron chi connectivity index (χ3n) is 4.17. The molecule has 1 aromatic rings. The Kier molecular flexibility index (Phi) is 3.88. The molecular formula is C16H25N. The van der Waals surface area contributed by atoms with E-state index < -0.39 is 0 Å². The number of benzene rings is 1. The highest BCUT2D eigenvalue weighted by Gasteiger charge is 2.30. The molecule has 1 nitrogen and oxygen atoms in total. The van der Waals surface area contributed by atoms with Crippen LogP contribution in [0.4, 0.5) is 0 Å². The third-order valence-corrected chi connectivity index (χ3v) is 4.17. The van der Waals surface area contributed by atoms with Crippen LogP contribution in [0.15, 0.2) is 24.3 Å². The van der Waals surface area contributed by atoms with Gasteiger partial charge in [-0.1, -0.05) is 29.8 Å². The van der Waals surface area contributed by atoms with Crippen molar-refractivity contribution in [3.63, 3.8) is 0 Å². The molecule has 0 amide bonds. The van der Waals surface area contributed by atoms with E-state index in [9.17, 15) is 0 Å². The van der Waals surface area contributed by atoms with Crippen LogP contribution in [0.3, 0.4) is 0 Å². The van der Waals surface area contributed by atoms with Crippen LogP contribution in [0.1, 0.15) is 50.7 Å². The molecule has 0 N–H and O–H groups in total. The molecule has 1 aromatic carbocycles. The van der Waals surface area contributed by atoms with Crippen molar-refractivity contribution < 1.29 is 0 Å². The first-order valence-corrected chi connectivity index (χ1v) is 6.92. The summed E-state index contributed by atoms with van der Waals surface area (Å²) in [6, 6.07) is 10.4. The fourth-order valence-electron chi connectivity index (χ4n) is 3.24. The van der Waals surface area contributed by atoms with Crippen molar-refractivity contribution >= 4 is 0 Å². The lowest BCUT2D eigenvalue weighted by atomic mass is 9.83. The van der Waals surface area contributed by atoms with Crippen LogP contribution in [-0.4, -0.2) is 23.5 Å². The molecule has 0 aromatic heterocycles. The van der Waals surface area contributed by atoms with Gasteiger partial charge >= 0.3 is 0 Å². The van der Waals surface area contributed by atoms with Crippen LogP contribution >= 0.6 is 0 Å². The zero-order valence-corrected chi connectivity index (χ0v) is 11.6. The summed E-state index contributed by atoms with van der Waals surface area (Å²) in [5.74, 6) is 0.714. The minimum absolute atomic E-state index is 0.664. The highest BCUT2D eigenvalue weighted by Crippen LogP contribution is 2.33. The number of nitrogens with zero attached hydrogens (tertiary/aromatic N) is 1. The van der Waals surface area contributed by atoms with E-state index >= 15 is 0 Å². The number of rotatable bonds is 2. The summed E-state index contributed by atoms with van der Waals surface area (Å²) in [5.41, 5.74) is 2.92. The summed E-state index contributed by atoms with van der Waals surface area (Å²) in [5, 5.41) is 0. The van der Waals surface area contributed by atoms with Crippen molar-refractivity contribution in [1.29, 1.82) is 0 Å². The average molecular weight is 231 g/mol. The van der Waals surface area contributed by atoms with Crippen molar-refractivity contribution in [2.75, 3.05) is 6.54 Å². The molecule has 1 saturated heterocycles. The van der Waals surface area contributed by atoms with E-state index in [0.29, 0.717) is 18.0 Å². The minimum Gasteiger partial charge on any atom is -0.298 e. The van der Waals surface area contributed by atoms with Gasteiger partial charge in [-0.25, -0.2) is 0 Å². The third kappa shape index (κ3) is 2.71. The number of aryl methyl sites for hydroxylation is 1. The quantitative estimate of drug-likeness (QED) is 0.744. The Labute approximate surface area is 106 Å². The second kappa shape index (κ2) is 5.22. The highest BCUT2D eigenvalue weighted by atomic mass is 15.2. The van der Waals surface area contributed by atoms with E-state index in [4.69, 9.17) is 0 Å².